The first-order chi connectivity index (χ1) is 14.2. The monoisotopic (exact) mass is 425 g/mol. The summed E-state index contributed by atoms with van der Waals surface area (Å²) in [5.41, 5.74) is 4.70. The summed E-state index contributed by atoms with van der Waals surface area (Å²) in [7, 11) is 0. The number of benzene rings is 2. The van der Waals surface area contributed by atoms with E-state index in [1.807, 2.05) is 42.5 Å². The molecule has 1 aliphatic heterocycles. The number of halogens is 2. The molecular formula is C23H21Cl2N3O. The van der Waals surface area contributed by atoms with Gasteiger partial charge in [-0.05, 0) is 54.9 Å². The average Bonchev–Trinajstić information content (AvgIpc) is 2.86. The Balaban J connectivity index is 1.49. The van der Waals surface area contributed by atoms with Crippen LogP contribution in [-0.2, 0) is 19.4 Å². The van der Waals surface area contributed by atoms with Crippen LogP contribution < -0.4 is 10.1 Å². The summed E-state index contributed by atoms with van der Waals surface area (Å²) in [6.45, 7) is 3.22. The second-order valence-corrected chi connectivity index (χ2v) is 8.13. The third kappa shape index (κ3) is 3.46. The van der Waals surface area contributed by atoms with Gasteiger partial charge in [0, 0.05) is 40.7 Å². The molecule has 6 heteroatoms. The minimum atomic E-state index is 0.557. The van der Waals surface area contributed by atoms with E-state index in [2.05, 4.69) is 14.9 Å². The van der Waals surface area contributed by atoms with E-state index >= 15 is 0 Å². The van der Waals surface area contributed by atoms with E-state index < -0.39 is 0 Å². The first-order valence-electron chi connectivity index (χ1n) is 9.88. The molecule has 0 aliphatic carbocycles. The van der Waals surface area contributed by atoms with Gasteiger partial charge in [-0.15, -0.1) is 0 Å². The predicted octanol–water partition coefficient (Wildman–Crippen LogP) is 5.26. The molecule has 29 heavy (non-hydrogen) atoms. The van der Waals surface area contributed by atoms with Crippen LogP contribution in [0, 0.1) is 0 Å². The van der Waals surface area contributed by atoms with Gasteiger partial charge in [0.25, 0.3) is 0 Å². The fourth-order valence-corrected chi connectivity index (χ4v) is 4.92. The lowest BCUT2D eigenvalue weighted by molar-refractivity contribution is 0.302. The Labute approximate surface area is 179 Å². The van der Waals surface area contributed by atoms with Crippen LogP contribution >= 0.6 is 23.2 Å². The molecule has 0 amide bonds. The Hall–Kier alpha value is -2.27. The Morgan fingerprint density at radius 1 is 1.07 bits per heavy atom. The lowest BCUT2D eigenvalue weighted by Gasteiger charge is -2.13. The zero-order valence-corrected chi connectivity index (χ0v) is 17.4. The molecule has 0 spiro atoms. The molecule has 4 aromatic rings. The van der Waals surface area contributed by atoms with E-state index in [1.165, 1.54) is 11.3 Å². The number of rotatable bonds is 4. The number of nitrogens with one attached hydrogen (secondary N) is 1. The Bertz CT molecular complexity index is 1200. The van der Waals surface area contributed by atoms with Crippen LogP contribution in [0.2, 0.25) is 10.0 Å². The molecule has 1 aliphatic rings. The highest BCUT2D eigenvalue weighted by molar-refractivity contribution is 6.38. The van der Waals surface area contributed by atoms with Gasteiger partial charge < -0.3 is 14.6 Å². The van der Waals surface area contributed by atoms with E-state index in [0.717, 1.165) is 65.1 Å². The van der Waals surface area contributed by atoms with Crippen molar-refractivity contribution in [1.29, 1.82) is 0 Å². The molecule has 1 N–H and O–H groups in total. The van der Waals surface area contributed by atoms with Crippen molar-refractivity contribution >= 4 is 45.0 Å². The summed E-state index contributed by atoms with van der Waals surface area (Å²) >= 11 is 12.9. The molecule has 148 valence electrons. The molecule has 3 heterocycles. The fourth-order valence-electron chi connectivity index (χ4n) is 4.33. The zero-order chi connectivity index (χ0) is 19.8. The molecule has 0 saturated heterocycles. The van der Waals surface area contributed by atoms with Gasteiger partial charge in [-0.3, -0.25) is 4.98 Å². The number of ether oxygens (including phenoxy) is 1. The number of fused-ring (bicyclic) bond motifs is 4. The highest BCUT2D eigenvalue weighted by Gasteiger charge is 2.21. The molecular weight excluding hydrogens is 405 g/mol. The van der Waals surface area contributed by atoms with Crippen LogP contribution in [0.15, 0.2) is 48.7 Å². The van der Waals surface area contributed by atoms with E-state index in [4.69, 9.17) is 27.9 Å². The number of pyridine rings is 1. The van der Waals surface area contributed by atoms with Crippen LogP contribution in [0.5, 0.6) is 5.75 Å². The lowest BCUT2D eigenvalue weighted by Crippen LogP contribution is -2.18. The van der Waals surface area contributed by atoms with E-state index in [1.54, 1.807) is 6.20 Å². The standard InChI is InChI=1S/C23H21Cl2N3O/c24-15-13-18(25)23-17-6-9-26-10-7-20(17)28(21(23)14-15)11-12-29-22-5-1-4-19-16(22)3-2-8-27-19/h1-5,8,13-14,26H,6-7,9-12H2. The summed E-state index contributed by atoms with van der Waals surface area (Å²) in [6.07, 6.45) is 3.74. The summed E-state index contributed by atoms with van der Waals surface area (Å²) in [5.74, 6) is 0.857. The molecule has 0 radical (unpaired) electrons. The zero-order valence-electron chi connectivity index (χ0n) is 15.9. The quantitative estimate of drug-likeness (QED) is 0.484. The molecule has 2 aromatic carbocycles. The van der Waals surface area contributed by atoms with Crippen molar-refractivity contribution in [2.24, 2.45) is 0 Å². The topological polar surface area (TPSA) is 39.1 Å². The molecule has 0 fully saturated rings. The maximum Gasteiger partial charge on any atom is 0.128 e. The van der Waals surface area contributed by atoms with E-state index in [-0.39, 0.29) is 0 Å². The average molecular weight is 426 g/mol. The lowest BCUT2D eigenvalue weighted by atomic mass is 10.1. The predicted molar refractivity (Wildman–Crippen MR) is 119 cm³/mol. The molecule has 0 bridgehead atoms. The van der Waals surface area contributed by atoms with Gasteiger partial charge in [-0.2, -0.15) is 0 Å². The van der Waals surface area contributed by atoms with Gasteiger partial charge in [0.15, 0.2) is 0 Å². The van der Waals surface area contributed by atoms with Crippen molar-refractivity contribution in [1.82, 2.24) is 14.9 Å². The van der Waals surface area contributed by atoms with Crippen molar-refractivity contribution in [2.45, 2.75) is 19.4 Å². The minimum absolute atomic E-state index is 0.557. The summed E-state index contributed by atoms with van der Waals surface area (Å²) < 4.78 is 8.51. The number of nitrogens with zero attached hydrogens (tertiary/aromatic N) is 2. The molecule has 0 unspecified atom stereocenters. The molecule has 0 atom stereocenters. The highest BCUT2D eigenvalue weighted by atomic mass is 35.5. The molecule has 0 saturated carbocycles. The maximum absolute atomic E-state index is 6.60. The Kier molecular flexibility index (Phi) is 5.08. The smallest absolute Gasteiger partial charge is 0.128 e. The fraction of sp³-hybridized carbons (Fsp3) is 0.261. The first-order valence-corrected chi connectivity index (χ1v) is 10.6. The van der Waals surface area contributed by atoms with Crippen LogP contribution in [0.1, 0.15) is 11.3 Å². The minimum Gasteiger partial charge on any atom is -0.491 e. The van der Waals surface area contributed by atoms with Gasteiger partial charge in [0.1, 0.15) is 12.4 Å². The third-order valence-electron chi connectivity index (χ3n) is 5.57. The van der Waals surface area contributed by atoms with Crippen LogP contribution in [0.4, 0.5) is 0 Å². The van der Waals surface area contributed by atoms with Crippen LogP contribution in [-0.4, -0.2) is 29.2 Å². The van der Waals surface area contributed by atoms with Crippen molar-refractivity contribution in [3.63, 3.8) is 0 Å². The number of hydrogen-bond donors (Lipinski definition) is 1. The maximum atomic E-state index is 6.60. The van der Waals surface area contributed by atoms with Crippen molar-refractivity contribution in [3.05, 3.63) is 70.0 Å². The Morgan fingerprint density at radius 3 is 2.90 bits per heavy atom. The van der Waals surface area contributed by atoms with Gasteiger partial charge in [-0.25, -0.2) is 0 Å². The SMILES string of the molecule is Clc1cc(Cl)c2c3c(n(CCOc4cccc5ncccc45)c2c1)CCNCC3. The van der Waals surface area contributed by atoms with Gasteiger partial charge >= 0.3 is 0 Å². The summed E-state index contributed by atoms with van der Waals surface area (Å²) in [6, 6.07) is 13.8. The van der Waals surface area contributed by atoms with Crippen molar-refractivity contribution in [2.75, 3.05) is 19.7 Å². The first kappa shape index (κ1) is 18.7. The van der Waals surface area contributed by atoms with E-state index in [9.17, 15) is 0 Å². The highest BCUT2D eigenvalue weighted by Crippen LogP contribution is 2.36. The normalized spacial score (nSPS) is 14.1. The second kappa shape index (κ2) is 7.86. The Morgan fingerprint density at radius 2 is 1.97 bits per heavy atom. The summed E-state index contributed by atoms with van der Waals surface area (Å²) in [5, 5.41) is 7.03. The van der Waals surface area contributed by atoms with Gasteiger partial charge in [0.05, 0.1) is 22.6 Å². The number of hydrogen-bond acceptors (Lipinski definition) is 3. The van der Waals surface area contributed by atoms with Crippen molar-refractivity contribution in [3.8, 4) is 5.75 Å². The summed E-state index contributed by atoms with van der Waals surface area (Å²) in [4.78, 5) is 4.41. The third-order valence-corrected chi connectivity index (χ3v) is 6.09. The molecule has 4 nitrogen and oxygen atoms in total. The van der Waals surface area contributed by atoms with Crippen LogP contribution in [0.25, 0.3) is 21.8 Å². The van der Waals surface area contributed by atoms with Crippen molar-refractivity contribution < 1.29 is 4.74 Å². The number of aromatic nitrogens is 2. The van der Waals surface area contributed by atoms with Crippen LogP contribution in [0.3, 0.4) is 0 Å². The van der Waals surface area contributed by atoms with E-state index in [0.29, 0.717) is 11.6 Å². The molecule has 2 aromatic heterocycles. The van der Waals surface area contributed by atoms with Gasteiger partial charge in [-0.1, -0.05) is 29.3 Å². The second-order valence-electron chi connectivity index (χ2n) is 7.28. The van der Waals surface area contributed by atoms with Gasteiger partial charge in [0.2, 0.25) is 0 Å². The molecule has 5 rings (SSSR count). The largest absolute Gasteiger partial charge is 0.491 e.